The number of carbonyl (C=O) groups excluding carboxylic acids is 1. The number of fused-ring (bicyclic) bond motifs is 1. The lowest BCUT2D eigenvalue weighted by molar-refractivity contribution is -0.181. The Morgan fingerprint density at radius 3 is 2.76 bits per heavy atom. The molecule has 1 aliphatic heterocycles. The minimum Gasteiger partial charge on any atom is -0.369 e. The first-order chi connectivity index (χ1) is 9.88. The zero-order chi connectivity index (χ0) is 15.2. The molecule has 0 radical (unpaired) electrons. The average molecular weight is 299 g/mol. The van der Waals surface area contributed by atoms with Crippen molar-refractivity contribution in [1.29, 1.82) is 0 Å². The SMILES string of the molecule is NC(=O)[C@@H]1CN(c2ncnc3[nH]ccc23)C[C@H]1C(F)(F)F. The number of primary amides is 1. The van der Waals surface area contributed by atoms with Crippen molar-refractivity contribution in [2.45, 2.75) is 6.18 Å². The molecule has 3 N–H and O–H groups in total. The molecule has 2 aromatic rings. The number of anilines is 1. The fourth-order valence-electron chi connectivity index (χ4n) is 2.71. The molecule has 3 rings (SSSR count). The van der Waals surface area contributed by atoms with Crippen molar-refractivity contribution >= 4 is 22.8 Å². The maximum atomic E-state index is 13.0. The van der Waals surface area contributed by atoms with E-state index in [1.165, 1.54) is 11.2 Å². The van der Waals surface area contributed by atoms with Gasteiger partial charge < -0.3 is 15.6 Å². The van der Waals surface area contributed by atoms with Crippen molar-refractivity contribution in [3.8, 4) is 0 Å². The molecule has 0 aromatic carbocycles. The first-order valence-electron chi connectivity index (χ1n) is 6.27. The zero-order valence-electron chi connectivity index (χ0n) is 10.8. The van der Waals surface area contributed by atoms with Gasteiger partial charge in [0.15, 0.2) is 0 Å². The summed E-state index contributed by atoms with van der Waals surface area (Å²) in [5.41, 5.74) is 5.65. The van der Waals surface area contributed by atoms with Crippen molar-refractivity contribution in [3.05, 3.63) is 18.6 Å². The summed E-state index contributed by atoms with van der Waals surface area (Å²) in [5, 5.41) is 0.614. The van der Waals surface area contributed by atoms with Crippen LogP contribution >= 0.6 is 0 Å². The summed E-state index contributed by atoms with van der Waals surface area (Å²) in [7, 11) is 0. The molecule has 1 aliphatic rings. The molecule has 0 unspecified atom stereocenters. The molecule has 0 aliphatic carbocycles. The molecule has 1 amide bonds. The van der Waals surface area contributed by atoms with E-state index in [0.717, 1.165) is 0 Å². The van der Waals surface area contributed by atoms with E-state index in [9.17, 15) is 18.0 Å². The first-order valence-corrected chi connectivity index (χ1v) is 6.27. The van der Waals surface area contributed by atoms with E-state index >= 15 is 0 Å². The van der Waals surface area contributed by atoms with Crippen molar-refractivity contribution < 1.29 is 18.0 Å². The van der Waals surface area contributed by atoms with Crippen LogP contribution in [0.5, 0.6) is 0 Å². The van der Waals surface area contributed by atoms with Crippen LogP contribution in [0.4, 0.5) is 19.0 Å². The van der Waals surface area contributed by atoms with Crippen LogP contribution in [0, 0.1) is 11.8 Å². The molecule has 6 nitrogen and oxygen atoms in total. The first kappa shape index (κ1) is 13.7. The number of nitrogens with one attached hydrogen (secondary N) is 1. The third-order valence-corrected chi connectivity index (χ3v) is 3.74. The molecule has 0 bridgehead atoms. The van der Waals surface area contributed by atoms with Crippen LogP contribution in [0.2, 0.25) is 0 Å². The number of amides is 1. The predicted octanol–water partition coefficient (Wildman–Crippen LogP) is 1.06. The number of halogens is 3. The van der Waals surface area contributed by atoms with Gasteiger partial charge in [0.1, 0.15) is 17.8 Å². The van der Waals surface area contributed by atoms with E-state index in [1.807, 2.05) is 0 Å². The second-order valence-electron chi connectivity index (χ2n) is 5.00. The quantitative estimate of drug-likeness (QED) is 0.868. The number of alkyl halides is 3. The molecule has 1 fully saturated rings. The Balaban J connectivity index is 1.98. The van der Waals surface area contributed by atoms with Crippen molar-refractivity contribution in [2.75, 3.05) is 18.0 Å². The number of carbonyl (C=O) groups is 1. The van der Waals surface area contributed by atoms with Gasteiger partial charge in [0.2, 0.25) is 5.91 Å². The summed E-state index contributed by atoms with van der Waals surface area (Å²) in [5.74, 6) is -3.62. The Morgan fingerprint density at radius 1 is 1.38 bits per heavy atom. The lowest BCUT2D eigenvalue weighted by Gasteiger charge is -2.19. The van der Waals surface area contributed by atoms with Crippen LogP contribution in [-0.4, -0.2) is 40.1 Å². The van der Waals surface area contributed by atoms with Gasteiger partial charge >= 0.3 is 6.18 Å². The average Bonchev–Trinajstić information content (AvgIpc) is 3.04. The van der Waals surface area contributed by atoms with Crippen LogP contribution in [0.15, 0.2) is 18.6 Å². The Morgan fingerprint density at radius 2 is 2.14 bits per heavy atom. The van der Waals surface area contributed by atoms with E-state index in [-0.39, 0.29) is 13.1 Å². The highest BCUT2D eigenvalue weighted by molar-refractivity contribution is 5.88. The third-order valence-electron chi connectivity index (χ3n) is 3.74. The molecule has 9 heteroatoms. The molecule has 1 saturated heterocycles. The molecule has 2 aromatic heterocycles. The summed E-state index contributed by atoms with van der Waals surface area (Å²) >= 11 is 0. The van der Waals surface area contributed by atoms with E-state index in [4.69, 9.17) is 5.73 Å². The number of hydrogen-bond donors (Lipinski definition) is 2. The summed E-state index contributed by atoms with van der Waals surface area (Å²) in [6.07, 6.45) is -1.57. The molecular weight excluding hydrogens is 287 g/mol. The largest absolute Gasteiger partial charge is 0.394 e. The lowest BCUT2D eigenvalue weighted by Crippen LogP contribution is -2.37. The van der Waals surface area contributed by atoms with Crippen molar-refractivity contribution in [2.24, 2.45) is 17.6 Å². The highest BCUT2D eigenvalue weighted by Gasteiger charge is 2.52. The Bertz CT molecular complexity index is 683. The van der Waals surface area contributed by atoms with Crippen LogP contribution in [0.3, 0.4) is 0 Å². The van der Waals surface area contributed by atoms with Gasteiger partial charge in [-0.1, -0.05) is 0 Å². The summed E-state index contributed by atoms with van der Waals surface area (Å²) in [6.45, 7) is -0.439. The standard InChI is InChI=1S/C12H12F3N5O/c13-12(14,15)8-4-20(3-7(8)9(16)21)11-6-1-2-17-10(6)18-5-19-11/h1-2,5,7-8H,3-4H2,(H2,16,21)(H,17,18,19)/t7-,8-/m1/s1. The number of rotatable bonds is 2. The number of nitrogens with zero attached hydrogens (tertiary/aromatic N) is 3. The van der Waals surface area contributed by atoms with Gasteiger partial charge in [-0.05, 0) is 6.07 Å². The highest BCUT2D eigenvalue weighted by Crippen LogP contribution is 2.39. The maximum Gasteiger partial charge on any atom is 0.394 e. The van der Waals surface area contributed by atoms with Gasteiger partial charge in [-0.2, -0.15) is 13.2 Å². The van der Waals surface area contributed by atoms with E-state index in [1.54, 1.807) is 12.3 Å². The zero-order valence-corrected chi connectivity index (χ0v) is 10.8. The van der Waals surface area contributed by atoms with Gasteiger partial charge in [-0.3, -0.25) is 4.79 Å². The van der Waals surface area contributed by atoms with Gasteiger partial charge in [0, 0.05) is 19.3 Å². The smallest absolute Gasteiger partial charge is 0.369 e. The minimum atomic E-state index is -4.47. The molecule has 21 heavy (non-hydrogen) atoms. The van der Waals surface area contributed by atoms with Crippen LogP contribution in [0.25, 0.3) is 11.0 Å². The minimum absolute atomic E-state index is 0.100. The monoisotopic (exact) mass is 299 g/mol. The maximum absolute atomic E-state index is 13.0. The molecule has 112 valence electrons. The predicted molar refractivity (Wildman–Crippen MR) is 68.3 cm³/mol. The number of aromatic nitrogens is 3. The number of H-pyrrole nitrogens is 1. The van der Waals surface area contributed by atoms with Crippen LogP contribution < -0.4 is 10.6 Å². The number of nitrogens with two attached hydrogens (primary N) is 1. The molecule has 0 saturated carbocycles. The van der Waals surface area contributed by atoms with Crippen LogP contribution in [0.1, 0.15) is 0 Å². The van der Waals surface area contributed by atoms with Crippen molar-refractivity contribution in [1.82, 2.24) is 15.0 Å². The van der Waals surface area contributed by atoms with Crippen molar-refractivity contribution in [3.63, 3.8) is 0 Å². The van der Waals surface area contributed by atoms with Crippen LogP contribution in [-0.2, 0) is 4.79 Å². The number of hydrogen-bond acceptors (Lipinski definition) is 4. The van der Waals surface area contributed by atoms with Gasteiger partial charge in [0.05, 0.1) is 17.2 Å². The molecular formula is C12H12F3N5O. The normalized spacial score (nSPS) is 22.9. The summed E-state index contributed by atoms with van der Waals surface area (Å²) < 4.78 is 39.1. The molecule has 2 atom stereocenters. The molecule has 0 spiro atoms. The topological polar surface area (TPSA) is 87.9 Å². The summed E-state index contributed by atoms with van der Waals surface area (Å²) in [4.78, 5) is 23.6. The Labute approximate surface area is 117 Å². The molecule has 3 heterocycles. The fourth-order valence-corrected chi connectivity index (χ4v) is 2.71. The van der Waals surface area contributed by atoms with E-state index in [2.05, 4.69) is 15.0 Å². The fraction of sp³-hybridized carbons (Fsp3) is 0.417. The van der Waals surface area contributed by atoms with Gasteiger partial charge in [0.25, 0.3) is 0 Å². The number of aromatic amines is 1. The van der Waals surface area contributed by atoms with Gasteiger partial charge in [-0.15, -0.1) is 0 Å². The Kier molecular flexibility index (Phi) is 2.99. The second-order valence-corrected chi connectivity index (χ2v) is 5.00. The third kappa shape index (κ3) is 2.28. The Hall–Kier alpha value is -2.32. The lowest BCUT2D eigenvalue weighted by atomic mass is 9.95. The van der Waals surface area contributed by atoms with E-state index < -0.39 is 23.9 Å². The summed E-state index contributed by atoms with van der Waals surface area (Å²) in [6, 6.07) is 1.69. The van der Waals surface area contributed by atoms with E-state index in [0.29, 0.717) is 16.9 Å². The highest BCUT2D eigenvalue weighted by atomic mass is 19.4. The second kappa shape index (κ2) is 4.61. The van der Waals surface area contributed by atoms with Gasteiger partial charge in [-0.25, -0.2) is 9.97 Å².